The van der Waals surface area contributed by atoms with E-state index in [4.69, 9.17) is 5.73 Å². The van der Waals surface area contributed by atoms with Crippen molar-refractivity contribution in [3.63, 3.8) is 0 Å². The molecular weight excluding hydrogens is 370 g/mol. The zero-order chi connectivity index (χ0) is 21.2. The predicted octanol–water partition coefficient (Wildman–Crippen LogP) is 0.923. The van der Waals surface area contributed by atoms with Gasteiger partial charge in [-0.25, -0.2) is 8.78 Å². The second-order valence-corrected chi connectivity index (χ2v) is 8.35. The van der Waals surface area contributed by atoms with Crippen LogP contribution < -0.4 is 5.73 Å². The number of carbonyl (C=O) groups is 3. The monoisotopic (exact) mass is 402 g/mol. The Labute approximate surface area is 165 Å². The fraction of sp³-hybridized carbons (Fsp3) is 0.842. The molecule has 2 fully saturated rings. The first-order valence-electron chi connectivity index (χ1n) is 9.81. The summed E-state index contributed by atoms with van der Waals surface area (Å²) in [5, 5.41) is 0. The Kier molecular flexibility index (Phi) is 7.01. The molecule has 1 aliphatic heterocycles. The molecule has 1 saturated heterocycles. The molecule has 0 aromatic rings. The summed E-state index contributed by atoms with van der Waals surface area (Å²) in [7, 11) is 4.97. The fourth-order valence-electron chi connectivity index (χ4n) is 4.34. The summed E-state index contributed by atoms with van der Waals surface area (Å²) in [6, 6.07) is -1.04. The molecule has 160 valence electrons. The van der Waals surface area contributed by atoms with Gasteiger partial charge in [0.05, 0.1) is 18.5 Å². The molecule has 7 nitrogen and oxygen atoms in total. The number of halogens is 2. The molecule has 2 N–H and O–H groups in total. The van der Waals surface area contributed by atoms with E-state index in [9.17, 15) is 23.2 Å². The summed E-state index contributed by atoms with van der Waals surface area (Å²) >= 11 is 0. The molecule has 1 unspecified atom stereocenters. The summed E-state index contributed by atoms with van der Waals surface area (Å²) in [5.41, 5.74) is 6.19. The number of amides is 3. The highest BCUT2D eigenvalue weighted by Gasteiger charge is 2.46. The van der Waals surface area contributed by atoms with Crippen molar-refractivity contribution in [2.24, 2.45) is 17.6 Å². The maximum atomic E-state index is 13.5. The van der Waals surface area contributed by atoms with Gasteiger partial charge in [-0.05, 0) is 31.6 Å². The largest absolute Gasteiger partial charge is 0.349 e. The van der Waals surface area contributed by atoms with Crippen molar-refractivity contribution in [3.05, 3.63) is 0 Å². The van der Waals surface area contributed by atoms with Gasteiger partial charge >= 0.3 is 0 Å². The fourth-order valence-corrected chi connectivity index (χ4v) is 4.34. The van der Waals surface area contributed by atoms with E-state index in [0.29, 0.717) is 12.8 Å². The summed E-state index contributed by atoms with van der Waals surface area (Å²) in [6.45, 7) is 0.835. The average Bonchev–Trinajstić information content (AvgIpc) is 3.00. The standard InChI is InChI=1S/C19H32F2N4O3/c1-12(26)24(4)14-7-5-13(6-8-14)15(17(27)23(2)3)16(22)18(28)25-10-9-19(20,21)11-25/h13-16H,5-11,22H2,1-4H3/t13?,14?,15-,16?/m0/s1. The Balaban J connectivity index is 2.11. The number of likely N-dealkylation sites (tertiary alicyclic amines) is 1. The van der Waals surface area contributed by atoms with Gasteiger partial charge in [0.25, 0.3) is 5.92 Å². The molecule has 0 aromatic heterocycles. The van der Waals surface area contributed by atoms with Crippen molar-refractivity contribution in [2.45, 2.75) is 57.0 Å². The third-order valence-electron chi connectivity index (χ3n) is 6.17. The van der Waals surface area contributed by atoms with Crippen molar-refractivity contribution in [1.29, 1.82) is 0 Å². The smallest absolute Gasteiger partial charge is 0.267 e. The van der Waals surface area contributed by atoms with E-state index in [-0.39, 0.29) is 36.7 Å². The van der Waals surface area contributed by atoms with Crippen LogP contribution in [-0.4, -0.2) is 84.7 Å². The van der Waals surface area contributed by atoms with Crippen molar-refractivity contribution >= 4 is 17.7 Å². The van der Waals surface area contributed by atoms with E-state index in [1.54, 1.807) is 26.0 Å². The maximum Gasteiger partial charge on any atom is 0.267 e. The number of nitrogens with two attached hydrogens (primary N) is 1. The van der Waals surface area contributed by atoms with E-state index in [0.717, 1.165) is 17.7 Å². The van der Waals surface area contributed by atoms with Gasteiger partial charge in [0.2, 0.25) is 17.7 Å². The van der Waals surface area contributed by atoms with E-state index >= 15 is 0 Å². The predicted molar refractivity (Wildman–Crippen MR) is 100 cm³/mol. The molecule has 2 atom stereocenters. The van der Waals surface area contributed by atoms with Crippen molar-refractivity contribution in [1.82, 2.24) is 14.7 Å². The van der Waals surface area contributed by atoms with Crippen LogP contribution in [0.25, 0.3) is 0 Å². The maximum absolute atomic E-state index is 13.5. The number of alkyl halides is 2. The van der Waals surface area contributed by atoms with Gasteiger partial charge < -0.3 is 20.4 Å². The zero-order valence-corrected chi connectivity index (χ0v) is 17.2. The van der Waals surface area contributed by atoms with E-state index in [1.165, 1.54) is 11.8 Å². The van der Waals surface area contributed by atoms with E-state index in [2.05, 4.69) is 0 Å². The van der Waals surface area contributed by atoms with Crippen LogP contribution in [0.4, 0.5) is 8.78 Å². The Morgan fingerprint density at radius 3 is 2.11 bits per heavy atom. The van der Waals surface area contributed by atoms with Gasteiger partial charge in [0.15, 0.2) is 0 Å². The van der Waals surface area contributed by atoms with Crippen LogP contribution in [0, 0.1) is 11.8 Å². The Bertz CT molecular complexity index is 606. The number of carbonyl (C=O) groups excluding carboxylic acids is 3. The third kappa shape index (κ3) is 4.98. The van der Waals surface area contributed by atoms with Gasteiger partial charge in [0, 0.05) is 47.1 Å². The van der Waals surface area contributed by atoms with Crippen LogP contribution in [0.3, 0.4) is 0 Å². The Hall–Kier alpha value is -1.77. The first kappa shape index (κ1) is 22.5. The lowest BCUT2D eigenvalue weighted by molar-refractivity contribution is -0.144. The van der Waals surface area contributed by atoms with Crippen LogP contribution in [0.1, 0.15) is 39.0 Å². The van der Waals surface area contributed by atoms with Crippen LogP contribution in [0.5, 0.6) is 0 Å². The molecular formula is C19H32F2N4O3. The van der Waals surface area contributed by atoms with Gasteiger partial charge in [-0.3, -0.25) is 14.4 Å². The summed E-state index contributed by atoms with van der Waals surface area (Å²) < 4.78 is 27.0. The average molecular weight is 402 g/mol. The van der Waals surface area contributed by atoms with Crippen molar-refractivity contribution in [3.8, 4) is 0 Å². The molecule has 1 saturated carbocycles. The van der Waals surface area contributed by atoms with E-state index < -0.39 is 30.3 Å². The second-order valence-electron chi connectivity index (χ2n) is 8.35. The van der Waals surface area contributed by atoms with Crippen LogP contribution in [-0.2, 0) is 14.4 Å². The molecule has 0 spiro atoms. The lowest BCUT2D eigenvalue weighted by Crippen LogP contribution is -2.54. The molecule has 1 aliphatic carbocycles. The Morgan fingerprint density at radius 2 is 1.68 bits per heavy atom. The summed E-state index contributed by atoms with van der Waals surface area (Å²) in [4.78, 5) is 41.3. The number of rotatable bonds is 5. The third-order valence-corrected chi connectivity index (χ3v) is 6.17. The Morgan fingerprint density at radius 1 is 1.11 bits per heavy atom. The zero-order valence-electron chi connectivity index (χ0n) is 17.2. The molecule has 3 amide bonds. The molecule has 9 heteroatoms. The molecule has 28 heavy (non-hydrogen) atoms. The summed E-state index contributed by atoms with van der Waals surface area (Å²) in [6.07, 6.45) is 2.38. The van der Waals surface area contributed by atoms with Crippen LogP contribution in [0.2, 0.25) is 0 Å². The number of hydrogen-bond donors (Lipinski definition) is 1. The second kappa shape index (κ2) is 8.71. The highest BCUT2D eigenvalue weighted by atomic mass is 19.3. The van der Waals surface area contributed by atoms with E-state index in [1.807, 2.05) is 0 Å². The molecule has 2 aliphatic rings. The minimum absolute atomic E-state index is 0.00814. The summed E-state index contributed by atoms with van der Waals surface area (Å²) in [5.74, 6) is -4.61. The van der Waals surface area contributed by atoms with Gasteiger partial charge in [0.1, 0.15) is 0 Å². The quantitative estimate of drug-likeness (QED) is 0.741. The lowest BCUT2D eigenvalue weighted by Gasteiger charge is -2.39. The lowest BCUT2D eigenvalue weighted by atomic mass is 9.74. The van der Waals surface area contributed by atoms with Crippen LogP contribution >= 0.6 is 0 Å². The minimum atomic E-state index is -2.90. The van der Waals surface area contributed by atoms with Crippen LogP contribution in [0.15, 0.2) is 0 Å². The van der Waals surface area contributed by atoms with Gasteiger partial charge in [-0.15, -0.1) is 0 Å². The van der Waals surface area contributed by atoms with Crippen molar-refractivity contribution < 1.29 is 23.2 Å². The molecule has 0 bridgehead atoms. The topological polar surface area (TPSA) is 87.0 Å². The van der Waals surface area contributed by atoms with Gasteiger partial charge in [-0.2, -0.15) is 0 Å². The molecule has 0 aromatic carbocycles. The van der Waals surface area contributed by atoms with Crippen molar-refractivity contribution in [2.75, 3.05) is 34.2 Å². The minimum Gasteiger partial charge on any atom is -0.349 e. The molecule has 0 radical (unpaired) electrons. The SMILES string of the molecule is CC(=O)N(C)C1CCC([C@H](C(=O)N(C)C)C(N)C(=O)N2CCC(F)(F)C2)CC1. The highest BCUT2D eigenvalue weighted by molar-refractivity contribution is 5.90. The first-order chi connectivity index (χ1) is 12.9. The highest BCUT2D eigenvalue weighted by Crippen LogP contribution is 2.35. The normalized spacial score (nSPS) is 26.5. The first-order valence-corrected chi connectivity index (χ1v) is 9.81. The number of hydrogen-bond acceptors (Lipinski definition) is 4. The number of nitrogens with zero attached hydrogens (tertiary/aromatic N) is 3. The molecule has 2 rings (SSSR count). The molecule has 1 heterocycles. The van der Waals surface area contributed by atoms with Gasteiger partial charge in [-0.1, -0.05) is 0 Å².